The number of nitrogens with zero attached hydrogens (tertiary/aromatic N) is 1. The van der Waals surface area contributed by atoms with Gasteiger partial charge in [-0.2, -0.15) is 0 Å². The van der Waals surface area contributed by atoms with Gasteiger partial charge in [0.25, 0.3) is 11.8 Å². The Morgan fingerprint density at radius 2 is 1.89 bits per heavy atom. The van der Waals surface area contributed by atoms with Crippen LogP contribution < -0.4 is 11.1 Å². The summed E-state index contributed by atoms with van der Waals surface area (Å²) in [6.45, 7) is 1.07. The number of ether oxygens (including phenoxy) is 3. The second-order valence-electron chi connectivity index (χ2n) is 7.16. The second-order valence-corrected chi connectivity index (χ2v) is 8.19. The molecular weight excluding hydrogens is 474 g/mol. The third-order valence-corrected chi connectivity index (χ3v) is 5.98. The van der Waals surface area contributed by atoms with Crippen LogP contribution in [0.4, 0.5) is 5.00 Å². The third kappa shape index (κ3) is 6.49. The van der Waals surface area contributed by atoms with Crippen molar-refractivity contribution in [3.63, 3.8) is 0 Å². The van der Waals surface area contributed by atoms with Gasteiger partial charge in [-0.05, 0) is 24.6 Å². The first kappa shape index (κ1) is 25.5. The van der Waals surface area contributed by atoms with Gasteiger partial charge < -0.3 is 25.3 Å². The monoisotopic (exact) mass is 497 g/mol. The van der Waals surface area contributed by atoms with Crippen molar-refractivity contribution in [2.75, 3.05) is 32.2 Å². The number of methoxy groups -OCH3 is 1. The summed E-state index contributed by atoms with van der Waals surface area (Å²) in [5.41, 5.74) is 7.09. The highest BCUT2D eigenvalue weighted by atomic mass is 32.1. The molecular formula is C24H23N3O7S. The quantitative estimate of drug-likeness (QED) is 0.247. The van der Waals surface area contributed by atoms with E-state index in [-0.39, 0.29) is 34.2 Å². The zero-order valence-corrected chi connectivity index (χ0v) is 19.8. The fourth-order valence-corrected chi connectivity index (χ4v) is 4.20. The normalized spacial score (nSPS) is 10.9. The minimum Gasteiger partial charge on any atom is -0.460 e. The van der Waals surface area contributed by atoms with E-state index in [1.165, 1.54) is 20.1 Å². The maximum atomic E-state index is 12.5. The molecule has 0 saturated heterocycles. The fourth-order valence-electron chi connectivity index (χ4n) is 3.14. The average molecular weight is 498 g/mol. The summed E-state index contributed by atoms with van der Waals surface area (Å²) in [6, 6.07) is 9.26. The number of rotatable bonds is 10. The van der Waals surface area contributed by atoms with Crippen LogP contribution in [0.5, 0.6) is 0 Å². The lowest BCUT2D eigenvalue weighted by molar-refractivity contribution is -0.142. The van der Waals surface area contributed by atoms with Crippen LogP contribution in [0.3, 0.4) is 0 Å². The standard InChI is InChI=1S/C24H23N3O7S/c1-14-19(24(31)33-12-11-32-2)23(35-21(14)22(25)30)27-17(28)13-34-18(29)9-8-16-6-3-5-15-7-4-10-26-20(15)16/h3-10H,11-13H2,1-2H3,(H2,25,30)(H,27,28)/b9-8+. The number of amides is 2. The Labute approximate surface area is 204 Å². The summed E-state index contributed by atoms with van der Waals surface area (Å²) in [6.07, 6.45) is 4.39. The molecule has 2 heterocycles. The highest BCUT2D eigenvalue weighted by molar-refractivity contribution is 7.18. The average Bonchev–Trinajstić information content (AvgIpc) is 3.17. The lowest BCUT2D eigenvalue weighted by atomic mass is 10.1. The zero-order valence-electron chi connectivity index (χ0n) is 19.0. The minimum atomic E-state index is -0.751. The van der Waals surface area contributed by atoms with Crippen molar-refractivity contribution >= 4 is 57.1 Å². The molecule has 3 aromatic rings. The summed E-state index contributed by atoms with van der Waals surface area (Å²) in [5, 5.41) is 3.46. The van der Waals surface area contributed by atoms with Gasteiger partial charge in [-0.1, -0.05) is 24.3 Å². The number of benzene rings is 1. The smallest absolute Gasteiger partial charge is 0.341 e. The largest absolute Gasteiger partial charge is 0.460 e. The fraction of sp³-hybridized carbons (Fsp3) is 0.208. The van der Waals surface area contributed by atoms with Gasteiger partial charge in [0.05, 0.1) is 22.6 Å². The van der Waals surface area contributed by atoms with E-state index in [0.717, 1.165) is 22.2 Å². The van der Waals surface area contributed by atoms with E-state index in [4.69, 9.17) is 19.9 Å². The van der Waals surface area contributed by atoms with Crippen molar-refractivity contribution in [3.05, 3.63) is 64.2 Å². The lowest BCUT2D eigenvalue weighted by Gasteiger charge is -2.08. The molecule has 3 N–H and O–H groups in total. The number of primary amides is 1. The number of para-hydroxylation sites is 1. The predicted molar refractivity (Wildman–Crippen MR) is 130 cm³/mol. The zero-order chi connectivity index (χ0) is 25.4. The van der Waals surface area contributed by atoms with Crippen LogP contribution in [-0.2, 0) is 23.8 Å². The van der Waals surface area contributed by atoms with Crippen molar-refractivity contribution in [1.82, 2.24) is 4.98 Å². The molecule has 2 amide bonds. The number of hydrogen-bond acceptors (Lipinski definition) is 9. The Hall–Kier alpha value is -4.09. The van der Waals surface area contributed by atoms with Gasteiger partial charge in [-0.25, -0.2) is 9.59 Å². The Morgan fingerprint density at radius 3 is 2.63 bits per heavy atom. The molecule has 1 aromatic carbocycles. The topological polar surface area (TPSA) is 147 Å². The molecule has 35 heavy (non-hydrogen) atoms. The number of nitrogens with one attached hydrogen (secondary N) is 1. The van der Waals surface area contributed by atoms with E-state index in [0.29, 0.717) is 5.56 Å². The number of carbonyl (C=O) groups excluding carboxylic acids is 4. The van der Waals surface area contributed by atoms with E-state index < -0.39 is 30.4 Å². The number of nitrogens with two attached hydrogens (primary N) is 1. The molecule has 0 fully saturated rings. The first-order chi connectivity index (χ1) is 16.8. The van der Waals surface area contributed by atoms with Gasteiger partial charge in [0.1, 0.15) is 11.6 Å². The number of thiophene rings is 1. The van der Waals surface area contributed by atoms with Gasteiger partial charge in [0.15, 0.2) is 6.61 Å². The number of carbonyl (C=O) groups is 4. The molecule has 0 aliphatic rings. The second kappa shape index (κ2) is 11.9. The van der Waals surface area contributed by atoms with Crippen molar-refractivity contribution in [2.45, 2.75) is 6.92 Å². The number of pyridine rings is 1. The molecule has 0 saturated carbocycles. The van der Waals surface area contributed by atoms with E-state index in [1.807, 2.05) is 24.3 Å². The van der Waals surface area contributed by atoms with Gasteiger partial charge in [0, 0.05) is 30.3 Å². The summed E-state index contributed by atoms with van der Waals surface area (Å²) < 4.78 is 14.9. The first-order valence-corrected chi connectivity index (χ1v) is 11.2. The van der Waals surface area contributed by atoms with E-state index in [1.54, 1.807) is 18.3 Å². The Morgan fingerprint density at radius 1 is 1.11 bits per heavy atom. The molecule has 10 nitrogen and oxygen atoms in total. The van der Waals surface area contributed by atoms with Crippen LogP contribution in [0.15, 0.2) is 42.6 Å². The molecule has 0 atom stereocenters. The molecule has 182 valence electrons. The maximum absolute atomic E-state index is 12.5. The summed E-state index contributed by atoms with van der Waals surface area (Å²) in [7, 11) is 1.45. The number of anilines is 1. The van der Waals surface area contributed by atoms with Crippen LogP contribution in [-0.4, -0.2) is 55.7 Å². The van der Waals surface area contributed by atoms with Crippen molar-refractivity contribution in [3.8, 4) is 0 Å². The van der Waals surface area contributed by atoms with Crippen LogP contribution in [0.1, 0.15) is 31.2 Å². The molecule has 0 unspecified atom stereocenters. The number of hydrogen-bond donors (Lipinski definition) is 2. The number of fused-ring (bicyclic) bond motifs is 1. The Balaban J connectivity index is 1.65. The highest BCUT2D eigenvalue weighted by Crippen LogP contribution is 2.33. The molecule has 2 aromatic heterocycles. The van der Waals surface area contributed by atoms with Crippen LogP contribution in [0, 0.1) is 6.92 Å². The van der Waals surface area contributed by atoms with Crippen LogP contribution >= 0.6 is 11.3 Å². The van der Waals surface area contributed by atoms with Gasteiger partial charge in [-0.15, -0.1) is 11.3 Å². The molecule has 0 aliphatic carbocycles. The van der Waals surface area contributed by atoms with Gasteiger partial charge in [0.2, 0.25) is 0 Å². The van der Waals surface area contributed by atoms with Crippen molar-refractivity contribution in [2.24, 2.45) is 5.73 Å². The molecule has 0 spiro atoms. The third-order valence-electron chi connectivity index (χ3n) is 4.76. The summed E-state index contributed by atoms with van der Waals surface area (Å²) in [4.78, 5) is 53.1. The van der Waals surface area contributed by atoms with Crippen molar-refractivity contribution < 1.29 is 33.4 Å². The molecule has 0 radical (unpaired) electrons. The molecule has 0 aliphatic heterocycles. The van der Waals surface area contributed by atoms with E-state index >= 15 is 0 Å². The Kier molecular flexibility index (Phi) is 8.65. The minimum absolute atomic E-state index is 0.00271. The van der Waals surface area contributed by atoms with Crippen LogP contribution in [0.25, 0.3) is 17.0 Å². The van der Waals surface area contributed by atoms with E-state index in [9.17, 15) is 19.2 Å². The van der Waals surface area contributed by atoms with E-state index in [2.05, 4.69) is 10.3 Å². The van der Waals surface area contributed by atoms with Crippen molar-refractivity contribution in [1.29, 1.82) is 0 Å². The van der Waals surface area contributed by atoms with Crippen LogP contribution in [0.2, 0.25) is 0 Å². The summed E-state index contributed by atoms with van der Waals surface area (Å²) >= 11 is 0.833. The Bertz CT molecular complexity index is 1290. The van der Waals surface area contributed by atoms with Gasteiger partial charge in [-0.3, -0.25) is 14.6 Å². The molecule has 3 rings (SSSR count). The number of esters is 2. The molecule has 11 heteroatoms. The predicted octanol–water partition coefficient (Wildman–Crippen LogP) is 2.70. The maximum Gasteiger partial charge on any atom is 0.341 e. The summed E-state index contributed by atoms with van der Waals surface area (Å²) in [5.74, 6) is -2.95. The lowest BCUT2D eigenvalue weighted by Crippen LogP contribution is -2.21. The first-order valence-electron chi connectivity index (χ1n) is 10.4. The SMILES string of the molecule is COCCOC(=O)c1c(NC(=O)COC(=O)/C=C/c2cccc3cccnc23)sc(C(N)=O)c1C. The van der Waals surface area contributed by atoms with Gasteiger partial charge >= 0.3 is 11.9 Å². The molecule has 0 bridgehead atoms. The highest BCUT2D eigenvalue weighted by Gasteiger charge is 2.26. The number of aromatic nitrogens is 1.